The van der Waals surface area contributed by atoms with E-state index in [1.807, 2.05) is 30.3 Å². The van der Waals surface area contributed by atoms with Crippen molar-refractivity contribution in [3.8, 4) is 23.1 Å². The lowest BCUT2D eigenvalue weighted by molar-refractivity contribution is 0.101. The molecule has 0 saturated heterocycles. The molecule has 6 nitrogen and oxygen atoms in total. The van der Waals surface area contributed by atoms with Crippen LogP contribution in [0.5, 0.6) is 23.1 Å². The number of benzene rings is 2. The Morgan fingerprint density at radius 3 is 2.52 bits per heavy atom. The lowest BCUT2D eigenvalue weighted by Gasteiger charge is -2.11. The van der Waals surface area contributed by atoms with Crippen LogP contribution in [0.15, 0.2) is 42.5 Å². The number of carbonyl (C=O) groups is 1. The van der Waals surface area contributed by atoms with Gasteiger partial charge in [0.25, 0.3) is 0 Å². The van der Waals surface area contributed by atoms with E-state index in [1.165, 1.54) is 10.4 Å². The summed E-state index contributed by atoms with van der Waals surface area (Å²) in [6, 6.07) is 13.0. The van der Waals surface area contributed by atoms with E-state index in [0.29, 0.717) is 40.9 Å². The molecule has 4 aromatic rings. The van der Waals surface area contributed by atoms with Crippen molar-refractivity contribution in [3.05, 3.63) is 69.9 Å². The summed E-state index contributed by atoms with van der Waals surface area (Å²) in [5, 5.41) is 1.01. The van der Waals surface area contributed by atoms with E-state index in [9.17, 15) is 4.79 Å². The maximum Gasteiger partial charge on any atom is 0.231 e. The Morgan fingerprint density at radius 1 is 1.00 bits per heavy atom. The zero-order chi connectivity index (χ0) is 22.9. The number of Topliss-reactive ketones (excluding diaryl/α,β-unsaturated/α-hetero) is 1. The Morgan fingerprint density at radius 2 is 1.79 bits per heavy atom. The molecular formula is C26H24N2O4S. The molecule has 2 heterocycles. The van der Waals surface area contributed by atoms with Crippen molar-refractivity contribution in [3.63, 3.8) is 0 Å². The van der Waals surface area contributed by atoms with Crippen molar-refractivity contribution in [2.45, 2.75) is 32.6 Å². The highest BCUT2D eigenvalue weighted by Gasteiger charge is 2.24. The summed E-state index contributed by atoms with van der Waals surface area (Å²) in [6.07, 6.45) is 3.79. The van der Waals surface area contributed by atoms with Gasteiger partial charge in [0.2, 0.25) is 5.88 Å². The summed E-state index contributed by atoms with van der Waals surface area (Å²) in [4.78, 5) is 23.7. The van der Waals surface area contributed by atoms with Gasteiger partial charge < -0.3 is 14.2 Å². The van der Waals surface area contributed by atoms with Crippen LogP contribution in [0.3, 0.4) is 0 Å². The normalized spacial score (nSPS) is 12.6. The van der Waals surface area contributed by atoms with Crippen LogP contribution in [-0.2, 0) is 19.3 Å². The Balaban J connectivity index is 1.53. The maximum absolute atomic E-state index is 11.6. The third-order valence-corrected chi connectivity index (χ3v) is 7.05. The van der Waals surface area contributed by atoms with E-state index in [2.05, 4.69) is 0 Å². The molecule has 1 aliphatic rings. The summed E-state index contributed by atoms with van der Waals surface area (Å²) >= 11 is 1.74. The standard InChI is InChI=1S/C26H24N2O4S/c1-15(29)17-8-10-18(11-9-17)32-25-24-19-5-4-6-22(19)33-26(24)28-23(27-25)14-16-7-12-20(30-2)21(13-16)31-3/h7-13H,4-6,14H2,1-3H3. The van der Waals surface area contributed by atoms with Crippen molar-refractivity contribution in [2.24, 2.45) is 0 Å². The molecular weight excluding hydrogens is 436 g/mol. The van der Waals surface area contributed by atoms with Crippen LogP contribution >= 0.6 is 11.3 Å². The van der Waals surface area contributed by atoms with Crippen LogP contribution in [0.25, 0.3) is 10.2 Å². The van der Waals surface area contributed by atoms with Crippen LogP contribution in [0, 0.1) is 0 Å². The molecule has 0 radical (unpaired) electrons. The Kier molecular flexibility index (Phi) is 5.72. The first-order valence-electron chi connectivity index (χ1n) is 10.9. The first-order chi connectivity index (χ1) is 16.1. The zero-order valence-electron chi connectivity index (χ0n) is 18.8. The van der Waals surface area contributed by atoms with Crippen molar-refractivity contribution < 1.29 is 19.0 Å². The van der Waals surface area contributed by atoms with Crippen molar-refractivity contribution in [1.82, 2.24) is 9.97 Å². The lowest BCUT2D eigenvalue weighted by atomic mass is 10.1. The van der Waals surface area contributed by atoms with Crippen molar-refractivity contribution in [1.29, 1.82) is 0 Å². The number of nitrogens with zero attached hydrogens (tertiary/aromatic N) is 2. The fourth-order valence-electron chi connectivity index (χ4n) is 4.20. The fraction of sp³-hybridized carbons (Fsp3) is 0.269. The minimum absolute atomic E-state index is 0.0267. The van der Waals surface area contributed by atoms with Gasteiger partial charge in [0.05, 0.1) is 19.6 Å². The maximum atomic E-state index is 11.6. The van der Waals surface area contributed by atoms with Crippen LogP contribution in [0.4, 0.5) is 0 Å². The van der Waals surface area contributed by atoms with Gasteiger partial charge in [-0.05, 0) is 73.7 Å². The Hall–Kier alpha value is -3.45. The smallest absolute Gasteiger partial charge is 0.231 e. The van der Waals surface area contributed by atoms with Gasteiger partial charge in [-0.2, -0.15) is 4.98 Å². The van der Waals surface area contributed by atoms with Gasteiger partial charge in [-0.25, -0.2) is 4.98 Å². The summed E-state index contributed by atoms with van der Waals surface area (Å²) < 4.78 is 17.1. The largest absolute Gasteiger partial charge is 0.493 e. The van der Waals surface area contributed by atoms with Gasteiger partial charge in [0.15, 0.2) is 17.3 Å². The molecule has 0 amide bonds. The van der Waals surface area contributed by atoms with Gasteiger partial charge in [-0.3, -0.25) is 4.79 Å². The molecule has 168 valence electrons. The summed E-state index contributed by atoms with van der Waals surface area (Å²) in [5.41, 5.74) is 2.98. The van der Waals surface area contributed by atoms with Crippen molar-refractivity contribution in [2.75, 3.05) is 14.2 Å². The lowest BCUT2D eigenvalue weighted by Crippen LogP contribution is -2.01. The minimum atomic E-state index is 0.0267. The second-order valence-electron chi connectivity index (χ2n) is 8.03. The zero-order valence-corrected chi connectivity index (χ0v) is 19.6. The van der Waals surface area contributed by atoms with Gasteiger partial charge in [0.1, 0.15) is 16.4 Å². The molecule has 0 atom stereocenters. The molecule has 0 saturated carbocycles. The minimum Gasteiger partial charge on any atom is -0.493 e. The first kappa shape index (κ1) is 21.4. The van der Waals surface area contributed by atoms with Gasteiger partial charge >= 0.3 is 0 Å². The van der Waals surface area contributed by atoms with Crippen molar-refractivity contribution >= 4 is 27.3 Å². The number of carbonyl (C=O) groups excluding carboxylic acids is 1. The monoisotopic (exact) mass is 460 g/mol. The summed E-state index contributed by atoms with van der Waals surface area (Å²) in [6.45, 7) is 1.55. The molecule has 0 unspecified atom stereocenters. The fourth-order valence-corrected chi connectivity index (χ4v) is 5.47. The number of rotatable bonds is 7. The molecule has 0 aliphatic heterocycles. The number of hydrogen-bond acceptors (Lipinski definition) is 7. The van der Waals surface area contributed by atoms with Crippen LogP contribution in [0.2, 0.25) is 0 Å². The number of hydrogen-bond donors (Lipinski definition) is 0. The number of thiophene rings is 1. The molecule has 2 aromatic carbocycles. The summed E-state index contributed by atoms with van der Waals surface area (Å²) in [5.74, 6) is 3.29. The topological polar surface area (TPSA) is 70.5 Å². The molecule has 1 aliphatic carbocycles. The van der Waals surface area contributed by atoms with E-state index >= 15 is 0 Å². The van der Waals surface area contributed by atoms with Gasteiger partial charge in [-0.15, -0.1) is 11.3 Å². The van der Waals surface area contributed by atoms with Gasteiger partial charge in [-0.1, -0.05) is 6.07 Å². The second-order valence-corrected chi connectivity index (χ2v) is 9.11. The molecule has 0 bridgehead atoms. The van der Waals surface area contributed by atoms with Crippen LogP contribution in [-0.4, -0.2) is 30.0 Å². The predicted octanol–water partition coefficient (Wildman–Crippen LogP) is 5.78. The number of ketones is 1. The number of fused-ring (bicyclic) bond motifs is 3. The number of ether oxygens (including phenoxy) is 3. The average molecular weight is 461 g/mol. The average Bonchev–Trinajstić information content (AvgIpc) is 3.40. The van der Waals surface area contributed by atoms with E-state index in [0.717, 1.165) is 35.0 Å². The first-order valence-corrected chi connectivity index (χ1v) is 11.7. The van der Waals surface area contributed by atoms with E-state index in [1.54, 1.807) is 44.6 Å². The molecule has 33 heavy (non-hydrogen) atoms. The number of aromatic nitrogens is 2. The Labute approximate surface area is 196 Å². The van der Waals surface area contributed by atoms with Gasteiger partial charge in [0, 0.05) is 16.9 Å². The highest BCUT2D eigenvalue weighted by Crippen LogP contribution is 2.41. The number of aryl methyl sites for hydroxylation is 2. The van der Waals surface area contributed by atoms with E-state index in [-0.39, 0.29) is 5.78 Å². The van der Waals surface area contributed by atoms with Crippen LogP contribution < -0.4 is 14.2 Å². The highest BCUT2D eigenvalue weighted by molar-refractivity contribution is 7.19. The second kappa shape index (κ2) is 8.83. The summed E-state index contributed by atoms with van der Waals surface area (Å²) in [7, 11) is 3.25. The quantitative estimate of drug-likeness (QED) is 0.326. The third-order valence-electron chi connectivity index (χ3n) is 5.86. The SMILES string of the molecule is COc1ccc(Cc2nc(Oc3ccc(C(C)=O)cc3)c3c4c(sc3n2)CCC4)cc1OC. The van der Waals surface area contributed by atoms with E-state index in [4.69, 9.17) is 24.2 Å². The molecule has 2 aromatic heterocycles. The molecule has 0 N–H and O–H groups in total. The van der Waals surface area contributed by atoms with Crippen LogP contribution in [0.1, 0.15) is 45.5 Å². The predicted molar refractivity (Wildman–Crippen MR) is 128 cm³/mol. The third kappa shape index (κ3) is 4.16. The number of methoxy groups -OCH3 is 2. The molecule has 5 rings (SSSR count). The Bertz CT molecular complexity index is 1340. The molecule has 0 fully saturated rings. The highest BCUT2D eigenvalue weighted by atomic mass is 32.1. The van der Waals surface area contributed by atoms with E-state index < -0.39 is 0 Å². The molecule has 0 spiro atoms. The molecule has 7 heteroatoms.